The minimum absolute atomic E-state index is 0. The van der Waals surface area contributed by atoms with E-state index >= 15 is 0 Å². The smallest absolute Gasteiger partial charge is 0.250 e. The predicted octanol–water partition coefficient (Wildman–Crippen LogP) is 0.366. The molecule has 3 heterocycles. The zero-order chi connectivity index (χ0) is 15.2. The van der Waals surface area contributed by atoms with Gasteiger partial charge in [-0.15, -0.1) is 24.8 Å². The van der Waals surface area contributed by atoms with Gasteiger partial charge in [0.05, 0.1) is 19.8 Å². The Bertz CT molecular complexity index is 492. The molecule has 24 heavy (non-hydrogen) atoms. The Balaban J connectivity index is 0.00000144. The molecule has 2 saturated heterocycles. The summed E-state index contributed by atoms with van der Waals surface area (Å²) < 4.78 is 10.8. The lowest BCUT2D eigenvalue weighted by atomic mass is 10.2. The van der Waals surface area contributed by atoms with E-state index in [1.165, 1.54) is 0 Å². The Morgan fingerprint density at radius 1 is 1.29 bits per heavy atom. The number of halogens is 2. The van der Waals surface area contributed by atoms with Gasteiger partial charge in [0.1, 0.15) is 11.9 Å². The van der Waals surface area contributed by atoms with Crippen LogP contribution in [-0.4, -0.2) is 63.0 Å². The molecule has 1 atom stereocenters. The molecule has 1 aromatic rings. The lowest BCUT2D eigenvalue weighted by Crippen LogP contribution is -2.47. The fourth-order valence-corrected chi connectivity index (χ4v) is 2.54. The van der Waals surface area contributed by atoms with Crippen LogP contribution in [0.5, 0.6) is 0 Å². The van der Waals surface area contributed by atoms with Crippen LogP contribution in [0.25, 0.3) is 0 Å². The van der Waals surface area contributed by atoms with Crippen LogP contribution in [0.3, 0.4) is 0 Å². The third-order valence-corrected chi connectivity index (χ3v) is 3.83. The molecular formula is C15H24Cl2N4O3. The fraction of sp³-hybridized carbons (Fsp3) is 0.600. The predicted molar refractivity (Wildman–Crippen MR) is 96.2 cm³/mol. The number of hydrogen-bond donors (Lipinski definition) is 2. The van der Waals surface area contributed by atoms with Gasteiger partial charge in [-0.1, -0.05) is 6.07 Å². The van der Waals surface area contributed by atoms with Crippen molar-refractivity contribution in [3.8, 4) is 0 Å². The van der Waals surface area contributed by atoms with Crippen LogP contribution < -0.4 is 15.5 Å². The summed E-state index contributed by atoms with van der Waals surface area (Å²) >= 11 is 0. The summed E-state index contributed by atoms with van der Waals surface area (Å²) in [5, 5.41) is 6.03. The molecule has 9 heteroatoms. The standard InChI is InChI=1S/C15H22N4O3.2ClH/c20-15(13-11-16-3-6-22-13)18-10-12-1-2-14(17-9-12)19-4-7-21-8-5-19;;/h1-2,9,13,16H,3-8,10-11H2,(H,18,20);2*1H. The zero-order valence-electron chi connectivity index (χ0n) is 13.4. The number of ether oxygens (including phenoxy) is 2. The molecule has 1 aromatic heterocycles. The topological polar surface area (TPSA) is 75.7 Å². The van der Waals surface area contributed by atoms with E-state index in [4.69, 9.17) is 9.47 Å². The number of carbonyl (C=O) groups is 1. The van der Waals surface area contributed by atoms with Crippen LogP contribution >= 0.6 is 24.8 Å². The number of carbonyl (C=O) groups excluding carboxylic acids is 1. The molecule has 2 aliphatic rings. The first-order chi connectivity index (χ1) is 10.8. The third kappa shape index (κ3) is 5.75. The number of nitrogens with one attached hydrogen (secondary N) is 2. The maximum absolute atomic E-state index is 12.0. The molecule has 1 unspecified atom stereocenters. The number of aromatic nitrogens is 1. The van der Waals surface area contributed by atoms with Crippen molar-refractivity contribution in [2.75, 3.05) is 50.9 Å². The SMILES string of the molecule is Cl.Cl.O=C(NCc1ccc(N2CCOCC2)nc1)C1CNCCO1. The Kier molecular flexibility index (Phi) is 9.31. The molecule has 0 aliphatic carbocycles. The number of hydrogen-bond acceptors (Lipinski definition) is 6. The molecular weight excluding hydrogens is 355 g/mol. The van der Waals surface area contributed by atoms with Gasteiger partial charge in [0.25, 0.3) is 5.91 Å². The molecule has 2 N–H and O–H groups in total. The second kappa shape index (κ2) is 10.7. The second-order valence-corrected chi connectivity index (χ2v) is 5.41. The maximum Gasteiger partial charge on any atom is 0.250 e. The second-order valence-electron chi connectivity index (χ2n) is 5.41. The van der Waals surface area contributed by atoms with E-state index in [1.54, 1.807) is 0 Å². The Hall–Kier alpha value is -1.12. The van der Waals surface area contributed by atoms with Crippen molar-refractivity contribution in [1.29, 1.82) is 0 Å². The van der Waals surface area contributed by atoms with Gasteiger partial charge in [0, 0.05) is 38.9 Å². The molecule has 0 bridgehead atoms. The molecule has 0 spiro atoms. The number of amides is 1. The van der Waals surface area contributed by atoms with E-state index in [2.05, 4.69) is 20.5 Å². The van der Waals surface area contributed by atoms with E-state index in [0.29, 0.717) is 19.7 Å². The average molecular weight is 379 g/mol. The van der Waals surface area contributed by atoms with Crippen LogP contribution in [-0.2, 0) is 20.8 Å². The monoisotopic (exact) mass is 378 g/mol. The van der Waals surface area contributed by atoms with Gasteiger partial charge < -0.3 is 25.0 Å². The number of nitrogens with zero attached hydrogens (tertiary/aromatic N) is 2. The summed E-state index contributed by atoms with van der Waals surface area (Å²) in [7, 11) is 0. The summed E-state index contributed by atoms with van der Waals surface area (Å²) in [6.45, 7) is 5.65. The van der Waals surface area contributed by atoms with E-state index in [1.807, 2.05) is 18.3 Å². The first kappa shape index (κ1) is 20.9. The lowest BCUT2D eigenvalue weighted by molar-refractivity contribution is -0.134. The molecule has 3 rings (SSSR count). The van der Waals surface area contributed by atoms with Gasteiger partial charge in [0.2, 0.25) is 0 Å². The van der Waals surface area contributed by atoms with Gasteiger partial charge in [-0.2, -0.15) is 0 Å². The molecule has 0 saturated carbocycles. The molecule has 7 nitrogen and oxygen atoms in total. The minimum Gasteiger partial charge on any atom is -0.378 e. The Morgan fingerprint density at radius 3 is 2.71 bits per heavy atom. The highest BCUT2D eigenvalue weighted by Crippen LogP contribution is 2.13. The van der Waals surface area contributed by atoms with Crippen LogP contribution in [0.15, 0.2) is 18.3 Å². The molecule has 2 aliphatic heterocycles. The lowest BCUT2D eigenvalue weighted by Gasteiger charge is -2.27. The van der Waals surface area contributed by atoms with Crippen molar-refractivity contribution >= 4 is 36.5 Å². The number of morpholine rings is 2. The van der Waals surface area contributed by atoms with E-state index in [-0.39, 0.29) is 30.7 Å². The van der Waals surface area contributed by atoms with Crippen molar-refractivity contribution in [1.82, 2.24) is 15.6 Å². The zero-order valence-corrected chi connectivity index (χ0v) is 15.0. The van der Waals surface area contributed by atoms with Gasteiger partial charge in [-0.3, -0.25) is 4.79 Å². The fourth-order valence-electron chi connectivity index (χ4n) is 2.54. The van der Waals surface area contributed by atoms with Crippen LogP contribution in [0.1, 0.15) is 5.56 Å². The summed E-state index contributed by atoms with van der Waals surface area (Å²) in [5.41, 5.74) is 0.981. The highest BCUT2D eigenvalue weighted by molar-refractivity contribution is 5.85. The third-order valence-electron chi connectivity index (χ3n) is 3.83. The van der Waals surface area contributed by atoms with Gasteiger partial charge >= 0.3 is 0 Å². The highest BCUT2D eigenvalue weighted by atomic mass is 35.5. The highest BCUT2D eigenvalue weighted by Gasteiger charge is 2.21. The summed E-state index contributed by atoms with van der Waals surface area (Å²) in [6, 6.07) is 3.99. The van der Waals surface area contributed by atoms with Crippen LogP contribution in [0, 0.1) is 0 Å². The van der Waals surface area contributed by atoms with Crippen molar-refractivity contribution in [2.24, 2.45) is 0 Å². The summed E-state index contributed by atoms with van der Waals surface area (Å²) in [5.74, 6) is 0.877. The molecule has 1 amide bonds. The van der Waals surface area contributed by atoms with Crippen molar-refractivity contribution in [3.05, 3.63) is 23.9 Å². The van der Waals surface area contributed by atoms with Crippen LogP contribution in [0.4, 0.5) is 5.82 Å². The minimum atomic E-state index is -0.394. The first-order valence-electron chi connectivity index (χ1n) is 7.70. The maximum atomic E-state index is 12.0. The van der Waals surface area contributed by atoms with Gasteiger partial charge in [-0.25, -0.2) is 4.98 Å². The van der Waals surface area contributed by atoms with E-state index < -0.39 is 6.10 Å². The largest absolute Gasteiger partial charge is 0.378 e. The van der Waals surface area contributed by atoms with Crippen molar-refractivity contribution < 1.29 is 14.3 Å². The van der Waals surface area contributed by atoms with Gasteiger partial charge in [-0.05, 0) is 11.6 Å². The Morgan fingerprint density at radius 2 is 2.08 bits per heavy atom. The van der Waals surface area contributed by atoms with Gasteiger partial charge in [0.15, 0.2) is 0 Å². The van der Waals surface area contributed by atoms with E-state index in [0.717, 1.165) is 44.2 Å². The number of rotatable bonds is 4. The first-order valence-corrected chi connectivity index (χ1v) is 7.70. The molecule has 2 fully saturated rings. The molecule has 0 radical (unpaired) electrons. The quantitative estimate of drug-likeness (QED) is 0.787. The number of anilines is 1. The Labute approximate surface area is 154 Å². The molecule has 0 aromatic carbocycles. The van der Waals surface area contributed by atoms with E-state index in [9.17, 15) is 4.79 Å². The summed E-state index contributed by atoms with van der Waals surface area (Å²) in [6.07, 6.45) is 1.42. The van der Waals surface area contributed by atoms with Crippen LogP contribution in [0.2, 0.25) is 0 Å². The molecule has 136 valence electrons. The number of pyridine rings is 1. The summed E-state index contributed by atoms with van der Waals surface area (Å²) in [4.78, 5) is 18.6. The normalized spacial score (nSPS) is 20.5. The average Bonchev–Trinajstić information content (AvgIpc) is 2.61. The van der Waals surface area contributed by atoms with Crippen molar-refractivity contribution in [3.63, 3.8) is 0 Å². The van der Waals surface area contributed by atoms with Crippen molar-refractivity contribution in [2.45, 2.75) is 12.6 Å².